The molecule has 1 aromatic carbocycles. The Morgan fingerprint density at radius 2 is 2.24 bits per heavy atom. The van der Waals surface area contributed by atoms with Crippen LogP contribution >= 0.6 is 0 Å². The van der Waals surface area contributed by atoms with Gasteiger partial charge in [-0.15, -0.1) is 0 Å². The fraction of sp³-hybridized carbons (Fsp3) is 0.462. The second-order valence-electron chi connectivity index (χ2n) is 5.11. The minimum absolute atomic E-state index is 0.126. The van der Waals surface area contributed by atoms with E-state index in [2.05, 4.69) is 5.32 Å². The highest BCUT2D eigenvalue weighted by molar-refractivity contribution is 6.02. The zero-order valence-electron chi connectivity index (χ0n) is 9.99. The summed E-state index contributed by atoms with van der Waals surface area (Å²) in [4.78, 5) is 13.8. The van der Waals surface area contributed by atoms with Crippen molar-refractivity contribution in [2.24, 2.45) is 5.73 Å². The Kier molecular flexibility index (Phi) is 2.16. The quantitative estimate of drug-likeness (QED) is 0.819. The Bertz CT molecular complexity index is 480. The van der Waals surface area contributed by atoms with Crippen LogP contribution in [-0.4, -0.2) is 25.0 Å². The van der Waals surface area contributed by atoms with Crippen molar-refractivity contribution in [2.45, 2.75) is 24.8 Å². The summed E-state index contributed by atoms with van der Waals surface area (Å²) >= 11 is 0. The summed E-state index contributed by atoms with van der Waals surface area (Å²) in [5.41, 5.74) is 9.15. The zero-order chi connectivity index (χ0) is 12.0. The Hall–Kier alpha value is -1.55. The van der Waals surface area contributed by atoms with Crippen LogP contribution in [0.2, 0.25) is 0 Å². The van der Waals surface area contributed by atoms with E-state index in [1.807, 2.05) is 30.1 Å². The van der Waals surface area contributed by atoms with Gasteiger partial charge in [0.1, 0.15) is 0 Å². The molecule has 1 heterocycles. The molecule has 0 atom stereocenters. The lowest BCUT2D eigenvalue weighted by molar-refractivity contribution is -0.117. The van der Waals surface area contributed by atoms with Crippen molar-refractivity contribution in [3.8, 4) is 0 Å². The summed E-state index contributed by atoms with van der Waals surface area (Å²) in [5.74, 6) is 0.171. The van der Waals surface area contributed by atoms with Crippen molar-refractivity contribution in [3.63, 3.8) is 0 Å². The first kappa shape index (κ1) is 10.6. The SMILES string of the molecule is CNc1ccc2c(c1)CC(=O)N2CC1(N)CC1. The maximum Gasteiger partial charge on any atom is 0.231 e. The van der Waals surface area contributed by atoms with Crippen molar-refractivity contribution in [2.75, 3.05) is 23.8 Å². The maximum atomic E-state index is 12.0. The highest BCUT2D eigenvalue weighted by Gasteiger charge is 2.42. The Balaban J connectivity index is 1.90. The van der Waals surface area contributed by atoms with Crippen LogP contribution in [0.25, 0.3) is 0 Å². The number of hydrogen-bond donors (Lipinski definition) is 2. The molecule has 3 N–H and O–H groups in total. The normalized spacial score (nSPS) is 20.4. The average Bonchev–Trinajstić information content (AvgIpc) is 2.96. The van der Waals surface area contributed by atoms with Gasteiger partial charge in [0.2, 0.25) is 5.91 Å². The highest BCUT2D eigenvalue weighted by Crippen LogP contribution is 2.38. The van der Waals surface area contributed by atoms with Gasteiger partial charge in [-0.2, -0.15) is 0 Å². The number of carbonyl (C=O) groups is 1. The van der Waals surface area contributed by atoms with E-state index in [9.17, 15) is 4.79 Å². The molecular formula is C13H17N3O. The van der Waals surface area contributed by atoms with Gasteiger partial charge in [0.25, 0.3) is 0 Å². The molecule has 1 aliphatic heterocycles. The van der Waals surface area contributed by atoms with Crippen LogP contribution in [-0.2, 0) is 11.2 Å². The predicted molar refractivity (Wildman–Crippen MR) is 68.2 cm³/mol. The summed E-state index contributed by atoms with van der Waals surface area (Å²) < 4.78 is 0. The fourth-order valence-electron chi connectivity index (χ4n) is 2.35. The molecule has 90 valence electrons. The molecule has 17 heavy (non-hydrogen) atoms. The molecule has 1 saturated carbocycles. The number of hydrogen-bond acceptors (Lipinski definition) is 3. The van der Waals surface area contributed by atoms with Crippen LogP contribution < -0.4 is 16.0 Å². The van der Waals surface area contributed by atoms with Crippen molar-refractivity contribution in [1.82, 2.24) is 0 Å². The Morgan fingerprint density at radius 1 is 1.47 bits per heavy atom. The Morgan fingerprint density at radius 3 is 2.88 bits per heavy atom. The molecule has 3 rings (SSSR count). The third kappa shape index (κ3) is 1.78. The van der Waals surface area contributed by atoms with Gasteiger partial charge < -0.3 is 16.0 Å². The van der Waals surface area contributed by atoms with Crippen LogP contribution in [0.15, 0.2) is 18.2 Å². The van der Waals surface area contributed by atoms with Gasteiger partial charge >= 0.3 is 0 Å². The lowest BCUT2D eigenvalue weighted by Crippen LogP contribution is -2.41. The summed E-state index contributed by atoms with van der Waals surface area (Å²) in [5, 5.41) is 3.09. The largest absolute Gasteiger partial charge is 0.388 e. The van der Waals surface area contributed by atoms with E-state index in [1.54, 1.807) is 0 Å². The topological polar surface area (TPSA) is 58.4 Å². The predicted octanol–water partition coefficient (Wildman–Crippen LogP) is 1.11. The molecule has 0 aromatic heterocycles. The second-order valence-corrected chi connectivity index (χ2v) is 5.11. The van der Waals surface area contributed by atoms with E-state index >= 15 is 0 Å². The van der Waals surface area contributed by atoms with Crippen molar-refractivity contribution >= 4 is 17.3 Å². The third-order valence-corrected chi connectivity index (χ3v) is 3.67. The van der Waals surface area contributed by atoms with E-state index in [0.717, 1.165) is 29.8 Å². The number of carbonyl (C=O) groups excluding carboxylic acids is 1. The molecule has 1 amide bonds. The van der Waals surface area contributed by atoms with Gasteiger partial charge in [0.05, 0.1) is 6.42 Å². The number of rotatable bonds is 3. The molecule has 0 unspecified atom stereocenters. The van der Waals surface area contributed by atoms with Crippen LogP contribution in [0.4, 0.5) is 11.4 Å². The van der Waals surface area contributed by atoms with Crippen molar-refractivity contribution in [1.29, 1.82) is 0 Å². The van der Waals surface area contributed by atoms with Gasteiger partial charge in [0.15, 0.2) is 0 Å². The summed E-state index contributed by atoms with van der Waals surface area (Å²) in [6.45, 7) is 0.664. The van der Waals surface area contributed by atoms with Crippen LogP contribution in [0, 0.1) is 0 Å². The lowest BCUT2D eigenvalue weighted by atomic mass is 10.1. The molecule has 1 fully saturated rings. The Labute approximate surface area is 101 Å². The number of anilines is 2. The molecule has 4 heteroatoms. The molecule has 0 radical (unpaired) electrons. The van der Waals surface area contributed by atoms with Crippen LogP contribution in [0.5, 0.6) is 0 Å². The fourth-order valence-corrected chi connectivity index (χ4v) is 2.35. The molecule has 1 aliphatic carbocycles. The van der Waals surface area contributed by atoms with E-state index in [0.29, 0.717) is 13.0 Å². The van der Waals surface area contributed by atoms with Crippen molar-refractivity contribution < 1.29 is 4.79 Å². The van der Waals surface area contributed by atoms with Crippen LogP contribution in [0.1, 0.15) is 18.4 Å². The third-order valence-electron chi connectivity index (χ3n) is 3.67. The minimum Gasteiger partial charge on any atom is -0.388 e. The molecule has 2 aliphatic rings. The molecule has 1 aromatic rings. The standard InChI is InChI=1S/C13H17N3O/c1-15-10-2-3-11-9(6-10)7-12(17)16(11)8-13(14)4-5-13/h2-3,6,15H,4-5,7-8,14H2,1H3. The molecule has 4 nitrogen and oxygen atoms in total. The smallest absolute Gasteiger partial charge is 0.231 e. The number of nitrogens with one attached hydrogen (secondary N) is 1. The maximum absolute atomic E-state index is 12.0. The summed E-state index contributed by atoms with van der Waals surface area (Å²) in [6.07, 6.45) is 2.56. The average molecular weight is 231 g/mol. The first-order valence-electron chi connectivity index (χ1n) is 6.01. The van der Waals surface area contributed by atoms with E-state index in [1.165, 1.54) is 0 Å². The van der Waals surface area contributed by atoms with Gasteiger partial charge in [-0.05, 0) is 36.6 Å². The number of amides is 1. The van der Waals surface area contributed by atoms with Crippen LogP contribution in [0.3, 0.4) is 0 Å². The number of benzene rings is 1. The summed E-state index contributed by atoms with van der Waals surface area (Å²) in [6, 6.07) is 6.06. The second kappa shape index (κ2) is 3.47. The van der Waals surface area contributed by atoms with E-state index < -0.39 is 0 Å². The number of nitrogens with zero attached hydrogens (tertiary/aromatic N) is 1. The van der Waals surface area contributed by atoms with E-state index in [4.69, 9.17) is 5.73 Å². The number of fused-ring (bicyclic) bond motifs is 1. The van der Waals surface area contributed by atoms with E-state index in [-0.39, 0.29) is 11.4 Å². The highest BCUT2D eigenvalue weighted by atomic mass is 16.2. The van der Waals surface area contributed by atoms with Crippen molar-refractivity contribution in [3.05, 3.63) is 23.8 Å². The molecule has 0 spiro atoms. The molecule has 0 bridgehead atoms. The molecule has 0 saturated heterocycles. The monoisotopic (exact) mass is 231 g/mol. The van der Waals surface area contributed by atoms with Gasteiger partial charge in [-0.1, -0.05) is 0 Å². The zero-order valence-corrected chi connectivity index (χ0v) is 9.99. The van der Waals surface area contributed by atoms with Gasteiger partial charge in [0, 0.05) is 30.5 Å². The van der Waals surface area contributed by atoms with Gasteiger partial charge in [-0.3, -0.25) is 4.79 Å². The lowest BCUT2D eigenvalue weighted by Gasteiger charge is -2.21. The first-order valence-corrected chi connectivity index (χ1v) is 6.01. The molecular weight excluding hydrogens is 214 g/mol. The first-order chi connectivity index (χ1) is 8.11. The van der Waals surface area contributed by atoms with Gasteiger partial charge in [-0.25, -0.2) is 0 Å². The minimum atomic E-state index is -0.126. The summed E-state index contributed by atoms with van der Waals surface area (Å²) in [7, 11) is 1.88. The number of nitrogens with two attached hydrogens (primary N) is 1.